The first kappa shape index (κ1) is 24.1. The second-order valence-electron chi connectivity index (χ2n) is 7.41. The van der Waals surface area contributed by atoms with Crippen LogP contribution in [0.2, 0.25) is 5.02 Å². The van der Waals surface area contributed by atoms with E-state index in [0.29, 0.717) is 21.6 Å². The summed E-state index contributed by atoms with van der Waals surface area (Å²) in [6.45, 7) is 2.01. The third kappa shape index (κ3) is 6.11. The summed E-state index contributed by atoms with van der Waals surface area (Å²) in [5.74, 6) is 0.353. The van der Waals surface area contributed by atoms with Gasteiger partial charge in [-0.2, -0.15) is 5.10 Å². The first-order chi connectivity index (χ1) is 16.9. The van der Waals surface area contributed by atoms with Gasteiger partial charge >= 0.3 is 0 Å². The van der Waals surface area contributed by atoms with Gasteiger partial charge in [-0.1, -0.05) is 41.1 Å². The predicted octanol–water partition coefficient (Wildman–Crippen LogP) is 5.05. The number of nitro groups is 1. The summed E-state index contributed by atoms with van der Waals surface area (Å²) < 4.78 is 1.89. The molecule has 4 aromatic rings. The molecule has 0 aliphatic rings. The highest BCUT2D eigenvalue weighted by molar-refractivity contribution is 7.99. The van der Waals surface area contributed by atoms with E-state index in [1.54, 1.807) is 24.3 Å². The molecular formula is C24H19ClN6O3S. The van der Waals surface area contributed by atoms with Crippen LogP contribution >= 0.6 is 23.4 Å². The molecule has 0 fully saturated rings. The molecule has 1 amide bonds. The Morgan fingerprint density at radius 3 is 2.43 bits per heavy atom. The maximum atomic E-state index is 12.3. The van der Waals surface area contributed by atoms with Crippen molar-refractivity contribution >= 4 is 41.2 Å². The van der Waals surface area contributed by atoms with Gasteiger partial charge in [0.15, 0.2) is 11.0 Å². The van der Waals surface area contributed by atoms with Gasteiger partial charge in [0.1, 0.15) is 0 Å². The minimum atomic E-state index is -0.479. The normalized spacial score (nSPS) is 11.0. The molecule has 1 aromatic heterocycles. The topological polar surface area (TPSA) is 115 Å². The highest BCUT2D eigenvalue weighted by Gasteiger charge is 2.17. The summed E-state index contributed by atoms with van der Waals surface area (Å²) in [5.41, 5.74) is 5.88. The van der Waals surface area contributed by atoms with Crippen LogP contribution in [0.4, 0.5) is 5.69 Å². The fourth-order valence-corrected chi connectivity index (χ4v) is 3.97. The second-order valence-corrected chi connectivity index (χ2v) is 8.79. The summed E-state index contributed by atoms with van der Waals surface area (Å²) >= 11 is 7.26. The Bertz CT molecular complexity index is 1370. The number of hydrogen-bond donors (Lipinski definition) is 1. The molecule has 0 bridgehead atoms. The van der Waals surface area contributed by atoms with Crippen LogP contribution in [-0.2, 0) is 4.79 Å². The van der Waals surface area contributed by atoms with Gasteiger partial charge in [0, 0.05) is 28.4 Å². The van der Waals surface area contributed by atoms with Crippen molar-refractivity contribution in [3.63, 3.8) is 0 Å². The van der Waals surface area contributed by atoms with Crippen LogP contribution in [0.5, 0.6) is 0 Å². The van der Waals surface area contributed by atoms with Gasteiger partial charge in [0.25, 0.3) is 11.6 Å². The zero-order valence-electron chi connectivity index (χ0n) is 18.5. The van der Waals surface area contributed by atoms with E-state index in [2.05, 4.69) is 20.7 Å². The van der Waals surface area contributed by atoms with Crippen LogP contribution in [0.15, 0.2) is 83.1 Å². The van der Waals surface area contributed by atoms with E-state index in [1.165, 1.54) is 30.1 Å². The highest BCUT2D eigenvalue weighted by Crippen LogP contribution is 2.28. The Morgan fingerprint density at radius 2 is 1.77 bits per heavy atom. The van der Waals surface area contributed by atoms with E-state index in [9.17, 15) is 14.9 Å². The SMILES string of the molecule is Cc1ccc(-n2c(SCC(=O)N/N=C\c3ccc([N+](=O)[O-])cc3)nnc2-c2ccc(Cl)cc2)cc1. The first-order valence-electron chi connectivity index (χ1n) is 10.4. The smallest absolute Gasteiger partial charge is 0.269 e. The number of hydrogen-bond acceptors (Lipinski definition) is 7. The molecule has 0 aliphatic carbocycles. The van der Waals surface area contributed by atoms with Crippen LogP contribution in [0.1, 0.15) is 11.1 Å². The molecule has 4 rings (SSSR count). The van der Waals surface area contributed by atoms with Gasteiger partial charge in [-0.3, -0.25) is 19.5 Å². The fraction of sp³-hybridized carbons (Fsp3) is 0.0833. The molecule has 0 unspecified atom stereocenters. The Balaban J connectivity index is 1.47. The van der Waals surface area contributed by atoms with Gasteiger partial charge in [0.2, 0.25) is 0 Å². The van der Waals surface area contributed by atoms with Gasteiger partial charge in [0.05, 0.1) is 16.9 Å². The van der Waals surface area contributed by atoms with Crippen LogP contribution in [0.3, 0.4) is 0 Å². The molecule has 1 heterocycles. The number of halogens is 1. The van der Waals surface area contributed by atoms with Crippen molar-refractivity contribution in [2.24, 2.45) is 5.10 Å². The number of thioether (sulfide) groups is 1. The average molecular weight is 507 g/mol. The lowest BCUT2D eigenvalue weighted by Gasteiger charge is -2.10. The van der Waals surface area contributed by atoms with E-state index >= 15 is 0 Å². The molecule has 0 saturated carbocycles. The number of nitrogens with zero attached hydrogens (tertiary/aromatic N) is 5. The highest BCUT2D eigenvalue weighted by atomic mass is 35.5. The lowest BCUT2D eigenvalue weighted by Crippen LogP contribution is -2.20. The molecule has 176 valence electrons. The van der Waals surface area contributed by atoms with E-state index in [4.69, 9.17) is 11.6 Å². The van der Waals surface area contributed by atoms with Crippen molar-refractivity contribution in [1.29, 1.82) is 0 Å². The molecular weight excluding hydrogens is 488 g/mol. The number of nitro benzene ring substituents is 1. The number of carbonyl (C=O) groups is 1. The molecule has 9 nitrogen and oxygen atoms in total. The van der Waals surface area contributed by atoms with Gasteiger partial charge in [-0.15, -0.1) is 10.2 Å². The number of non-ortho nitro benzene ring substituents is 1. The molecule has 35 heavy (non-hydrogen) atoms. The van der Waals surface area contributed by atoms with Crippen molar-refractivity contribution in [3.05, 3.63) is 99.1 Å². The van der Waals surface area contributed by atoms with E-state index in [-0.39, 0.29) is 17.3 Å². The van der Waals surface area contributed by atoms with Crippen molar-refractivity contribution in [1.82, 2.24) is 20.2 Å². The number of aryl methyl sites for hydroxylation is 1. The number of benzene rings is 3. The molecule has 0 saturated heterocycles. The molecule has 0 atom stereocenters. The maximum Gasteiger partial charge on any atom is 0.269 e. The standard InChI is InChI=1S/C24H19ClN6O3S/c1-16-2-10-20(11-3-16)30-23(18-6-8-19(25)9-7-18)28-29-24(30)35-15-22(32)27-26-14-17-4-12-21(13-5-17)31(33)34/h2-14H,15H2,1H3,(H,27,32)/b26-14-. The third-order valence-electron chi connectivity index (χ3n) is 4.87. The number of aromatic nitrogens is 3. The molecule has 1 N–H and O–H groups in total. The van der Waals surface area contributed by atoms with E-state index in [0.717, 1.165) is 16.8 Å². The quantitative estimate of drug-likeness (QED) is 0.155. The molecule has 11 heteroatoms. The number of carbonyl (C=O) groups excluding carboxylic acids is 1. The zero-order chi connectivity index (χ0) is 24.8. The van der Waals surface area contributed by atoms with Crippen molar-refractivity contribution in [2.45, 2.75) is 12.1 Å². The van der Waals surface area contributed by atoms with E-state index in [1.807, 2.05) is 47.9 Å². The minimum absolute atomic E-state index is 0.0155. The maximum absolute atomic E-state index is 12.3. The molecule has 0 radical (unpaired) electrons. The van der Waals surface area contributed by atoms with Crippen LogP contribution in [0.25, 0.3) is 17.1 Å². The number of hydrazone groups is 1. The zero-order valence-corrected chi connectivity index (χ0v) is 20.0. The first-order valence-corrected chi connectivity index (χ1v) is 11.7. The Labute approximate surface area is 210 Å². The van der Waals surface area contributed by atoms with Crippen LogP contribution in [-0.4, -0.2) is 37.6 Å². The van der Waals surface area contributed by atoms with Gasteiger partial charge < -0.3 is 0 Å². The number of rotatable bonds is 8. The Kier molecular flexibility index (Phi) is 7.54. The van der Waals surface area contributed by atoms with Crippen molar-refractivity contribution < 1.29 is 9.72 Å². The van der Waals surface area contributed by atoms with E-state index < -0.39 is 4.92 Å². The predicted molar refractivity (Wildman–Crippen MR) is 136 cm³/mol. The monoisotopic (exact) mass is 506 g/mol. The fourth-order valence-electron chi connectivity index (χ4n) is 3.10. The molecule has 3 aromatic carbocycles. The number of amides is 1. The summed E-state index contributed by atoms with van der Waals surface area (Å²) in [5, 5.41) is 24.5. The summed E-state index contributed by atoms with van der Waals surface area (Å²) in [4.78, 5) is 22.6. The summed E-state index contributed by atoms with van der Waals surface area (Å²) in [6.07, 6.45) is 1.42. The van der Waals surface area contributed by atoms with Crippen LogP contribution < -0.4 is 5.43 Å². The minimum Gasteiger partial charge on any atom is -0.272 e. The van der Waals surface area contributed by atoms with Crippen molar-refractivity contribution in [3.8, 4) is 17.1 Å². The second kappa shape index (κ2) is 10.9. The molecule has 0 aliphatic heterocycles. The Morgan fingerprint density at radius 1 is 1.09 bits per heavy atom. The summed E-state index contributed by atoms with van der Waals surface area (Å²) in [6, 6.07) is 21.1. The number of nitrogens with one attached hydrogen (secondary N) is 1. The Hall–Kier alpha value is -4.02. The third-order valence-corrected chi connectivity index (χ3v) is 6.05. The lowest BCUT2D eigenvalue weighted by atomic mass is 10.2. The van der Waals surface area contributed by atoms with Crippen molar-refractivity contribution in [2.75, 3.05) is 5.75 Å². The van der Waals surface area contributed by atoms with Gasteiger partial charge in [-0.25, -0.2) is 5.43 Å². The van der Waals surface area contributed by atoms with Gasteiger partial charge in [-0.05, 0) is 61.0 Å². The average Bonchev–Trinajstić information content (AvgIpc) is 3.28. The summed E-state index contributed by atoms with van der Waals surface area (Å²) in [7, 11) is 0. The van der Waals surface area contributed by atoms with Crippen LogP contribution in [0, 0.1) is 17.0 Å². The lowest BCUT2D eigenvalue weighted by molar-refractivity contribution is -0.384. The largest absolute Gasteiger partial charge is 0.272 e. The molecule has 0 spiro atoms.